The molecule has 0 saturated heterocycles. The third-order valence-corrected chi connectivity index (χ3v) is 3.07. The molecule has 1 aliphatic rings. The summed E-state index contributed by atoms with van der Waals surface area (Å²) >= 11 is 0. The van der Waals surface area contributed by atoms with Crippen molar-refractivity contribution < 1.29 is 9.47 Å². The molecule has 0 aromatic carbocycles. The normalized spacial score (nSPS) is 36.5. The molecule has 1 saturated carbocycles. The summed E-state index contributed by atoms with van der Waals surface area (Å²) in [6, 6.07) is 0. The molecule has 0 aromatic heterocycles. The van der Waals surface area contributed by atoms with Crippen molar-refractivity contribution in [2.75, 3.05) is 13.4 Å². The fraction of sp³-hybridized carbons (Fsp3) is 0.833. The van der Waals surface area contributed by atoms with Crippen molar-refractivity contribution in [1.29, 1.82) is 0 Å². The van der Waals surface area contributed by atoms with Crippen LogP contribution in [0.3, 0.4) is 0 Å². The van der Waals surface area contributed by atoms with Crippen LogP contribution in [0, 0.1) is 5.92 Å². The van der Waals surface area contributed by atoms with Crippen molar-refractivity contribution in [1.82, 2.24) is 0 Å². The molecule has 3 heteroatoms. The van der Waals surface area contributed by atoms with Gasteiger partial charge in [-0.05, 0) is 32.1 Å². The molecule has 3 nitrogen and oxygen atoms in total. The quantitative estimate of drug-likeness (QED) is 0.432. The van der Waals surface area contributed by atoms with Crippen LogP contribution in [0.5, 0.6) is 0 Å². The third kappa shape index (κ3) is 4.33. The van der Waals surface area contributed by atoms with E-state index in [1.165, 1.54) is 0 Å². The summed E-state index contributed by atoms with van der Waals surface area (Å²) in [6.45, 7) is 8.78. The Hall–Kier alpha value is -0.380. The van der Waals surface area contributed by atoms with E-state index >= 15 is 0 Å². The predicted octanol–water partition coefficient (Wildman–Crippen LogP) is 2.07. The number of hydrogen-bond donors (Lipinski definition) is 1. The lowest BCUT2D eigenvalue weighted by Crippen LogP contribution is -2.46. The lowest BCUT2D eigenvalue weighted by atomic mass is 9.77. The van der Waals surface area contributed by atoms with E-state index in [1.54, 1.807) is 6.08 Å². The van der Waals surface area contributed by atoms with Crippen molar-refractivity contribution in [2.45, 2.75) is 44.8 Å². The van der Waals surface area contributed by atoms with Gasteiger partial charge in [-0.15, -0.1) is 6.58 Å². The van der Waals surface area contributed by atoms with Crippen LogP contribution >= 0.6 is 0 Å². The first-order chi connectivity index (χ1) is 7.05. The molecular formula is C12H23NO2. The Kier molecular flexibility index (Phi) is 4.77. The van der Waals surface area contributed by atoms with Crippen LogP contribution in [-0.2, 0) is 9.47 Å². The average molecular weight is 213 g/mol. The standard InChI is InChI=1S/C12H23NO2/c1-4-7-14-9-15-11-8-12(3,13)6-5-10(11)2/h4,10-11H,1,5-9,13H2,2-3H3. The van der Waals surface area contributed by atoms with Gasteiger partial charge in [-0.3, -0.25) is 0 Å². The van der Waals surface area contributed by atoms with Crippen LogP contribution in [0.1, 0.15) is 33.1 Å². The second-order valence-electron chi connectivity index (χ2n) is 4.86. The number of ether oxygens (including phenoxy) is 2. The Morgan fingerprint density at radius 1 is 1.60 bits per heavy atom. The highest BCUT2D eigenvalue weighted by Gasteiger charge is 2.33. The van der Waals surface area contributed by atoms with E-state index in [1.807, 2.05) is 0 Å². The van der Waals surface area contributed by atoms with Gasteiger partial charge in [0.05, 0.1) is 12.7 Å². The first-order valence-corrected chi connectivity index (χ1v) is 5.64. The van der Waals surface area contributed by atoms with Gasteiger partial charge in [-0.1, -0.05) is 13.0 Å². The summed E-state index contributed by atoms with van der Waals surface area (Å²) in [7, 11) is 0. The lowest BCUT2D eigenvalue weighted by molar-refractivity contribution is -0.115. The second kappa shape index (κ2) is 5.64. The van der Waals surface area contributed by atoms with Gasteiger partial charge >= 0.3 is 0 Å². The molecule has 0 spiro atoms. The van der Waals surface area contributed by atoms with Crippen LogP contribution in [0.15, 0.2) is 12.7 Å². The molecule has 2 N–H and O–H groups in total. The molecule has 0 aliphatic heterocycles. The highest BCUT2D eigenvalue weighted by Crippen LogP contribution is 2.31. The Morgan fingerprint density at radius 3 is 3.00 bits per heavy atom. The molecule has 0 heterocycles. The van der Waals surface area contributed by atoms with E-state index in [0.717, 1.165) is 19.3 Å². The maximum Gasteiger partial charge on any atom is 0.147 e. The van der Waals surface area contributed by atoms with E-state index in [4.69, 9.17) is 15.2 Å². The molecule has 1 aliphatic carbocycles. The molecule has 1 rings (SSSR count). The molecule has 0 amide bonds. The summed E-state index contributed by atoms with van der Waals surface area (Å²) in [5, 5.41) is 0. The number of nitrogens with two attached hydrogens (primary N) is 1. The predicted molar refractivity (Wildman–Crippen MR) is 61.5 cm³/mol. The topological polar surface area (TPSA) is 44.5 Å². The van der Waals surface area contributed by atoms with Gasteiger partial charge in [-0.2, -0.15) is 0 Å². The molecule has 88 valence electrons. The largest absolute Gasteiger partial charge is 0.352 e. The molecule has 0 radical (unpaired) electrons. The highest BCUT2D eigenvalue weighted by molar-refractivity contribution is 4.90. The van der Waals surface area contributed by atoms with Gasteiger partial charge in [0.1, 0.15) is 6.79 Å². The van der Waals surface area contributed by atoms with Gasteiger partial charge in [0, 0.05) is 5.54 Å². The van der Waals surface area contributed by atoms with Crippen molar-refractivity contribution >= 4 is 0 Å². The van der Waals surface area contributed by atoms with Crippen LogP contribution < -0.4 is 5.73 Å². The summed E-state index contributed by atoms with van der Waals surface area (Å²) in [6.07, 6.45) is 5.10. The molecule has 0 bridgehead atoms. The minimum absolute atomic E-state index is 0.0738. The third-order valence-electron chi connectivity index (χ3n) is 3.07. The summed E-state index contributed by atoms with van der Waals surface area (Å²) < 4.78 is 10.9. The number of rotatable bonds is 5. The van der Waals surface area contributed by atoms with E-state index < -0.39 is 0 Å². The lowest BCUT2D eigenvalue weighted by Gasteiger charge is -2.38. The first kappa shape index (κ1) is 12.7. The van der Waals surface area contributed by atoms with Gasteiger partial charge in [-0.25, -0.2) is 0 Å². The van der Waals surface area contributed by atoms with Gasteiger partial charge in [0.15, 0.2) is 0 Å². The Morgan fingerprint density at radius 2 is 2.33 bits per heavy atom. The molecule has 3 unspecified atom stereocenters. The average Bonchev–Trinajstić information content (AvgIpc) is 2.18. The van der Waals surface area contributed by atoms with Gasteiger partial charge in [0.2, 0.25) is 0 Å². The summed E-state index contributed by atoms with van der Waals surface area (Å²) in [4.78, 5) is 0. The molecule has 3 atom stereocenters. The SMILES string of the molecule is C=CCOCOC1CC(C)(N)CCC1C. The van der Waals surface area contributed by atoms with E-state index in [2.05, 4.69) is 20.4 Å². The molecule has 1 fully saturated rings. The minimum atomic E-state index is -0.0738. The van der Waals surface area contributed by atoms with Crippen LogP contribution in [0.2, 0.25) is 0 Å². The fourth-order valence-electron chi connectivity index (χ4n) is 2.00. The smallest absolute Gasteiger partial charge is 0.147 e. The van der Waals surface area contributed by atoms with Crippen molar-refractivity contribution in [3.05, 3.63) is 12.7 Å². The molecule has 15 heavy (non-hydrogen) atoms. The van der Waals surface area contributed by atoms with Crippen molar-refractivity contribution in [3.8, 4) is 0 Å². The van der Waals surface area contributed by atoms with Crippen LogP contribution in [0.25, 0.3) is 0 Å². The molecular weight excluding hydrogens is 190 g/mol. The maximum absolute atomic E-state index is 6.12. The van der Waals surface area contributed by atoms with Crippen LogP contribution in [0.4, 0.5) is 0 Å². The second-order valence-corrected chi connectivity index (χ2v) is 4.86. The zero-order valence-corrected chi connectivity index (χ0v) is 9.87. The molecule has 0 aromatic rings. The highest BCUT2D eigenvalue weighted by atomic mass is 16.7. The zero-order chi connectivity index (χ0) is 11.3. The Bertz CT molecular complexity index is 204. The maximum atomic E-state index is 6.12. The first-order valence-electron chi connectivity index (χ1n) is 5.64. The Balaban J connectivity index is 2.28. The minimum Gasteiger partial charge on any atom is -0.352 e. The van der Waals surface area contributed by atoms with Gasteiger partial charge in [0.25, 0.3) is 0 Å². The van der Waals surface area contributed by atoms with Crippen molar-refractivity contribution in [3.63, 3.8) is 0 Å². The number of hydrogen-bond acceptors (Lipinski definition) is 3. The Labute approximate surface area is 92.6 Å². The zero-order valence-electron chi connectivity index (χ0n) is 9.87. The van der Waals surface area contributed by atoms with E-state index in [9.17, 15) is 0 Å². The van der Waals surface area contributed by atoms with Gasteiger partial charge < -0.3 is 15.2 Å². The summed E-state index contributed by atoms with van der Waals surface area (Å²) in [5.41, 5.74) is 6.05. The van der Waals surface area contributed by atoms with E-state index in [0.29, 0.717) is 19.3 Å². The fourth-order valence-corrected chi connectivity index (χ4v) is 2.00. The summed E-state index contributed by atoms with van der Waals surface area (Å²) in [5.74, 6) is 0.578. The van der Waals surface area contributed by atoms with Crippen LogP contribution in [-0.4, -0.2) is 25.0 Å². The monoisotopic (exact) mass is 213 g/mol. The van der Waals surface area contributed by atoms with E-state index in [-0.39, 0.29) is 11.6 Å². The van der Waals surface area contributed by atoms with Crippen molar-refractivity contribution in [2.24, 2.45) is 11.7 Å².